The Morgan fingerprint density at radius 1 is 1.44 bits per heavy atom. The molecule has 0 aliphatic rings. The lowest BCUT2D eigenvalue weighted by Crippen LogP contribution is -2.03. The van der Waals surface area contributed by atoms with Crippen LogP contribution in [-0.4, -0.2) is 16.9 Å². The van der Waals surface area contributed by atoms with Crippen LogP contribution in [0.2, 0.25) is 0 Å². The van der Waals surface area contributed by atoms with Gasteiger partial charge in [-0.2, -0.15) is 5.10 Å². The summed E-state index contributed by atoms with van der Waals surface area (Å²) in [4.78, 5) is 0. The number of methoxy groups -OCH3 is 1. The molecule has 1 atom stereocenters. The van der Waals surface area contributed by atoms with Crippen molar-refractivity contribution in [2.75, 3.05) is 7.11 Å². The molecule has 0 fully saturated rings. The number of rotatable bonds is 3. The van der Waals surface area contributed by atoms with Crippen molar-refractivity contribution in [3.63, 3.8) is 0 Å². The maximum atomic E-state index is 5.78. The van der Waals surface area contributed by atoms with Gasteiger partial charge < -0.3 is 10.5 Å². The lowest BCUT2D eigenvalue weighted by molar-refractivity contribution is 0.414. The predicted molar refractivity (Wildman–Crippen MR) is 62.7 cm³/mol. The molecule has 0 aliphatic carbocycles. The van der Waals surface area contributed by atoms with E-state index in [1.807, 2.05) is 37.4 Å². The quantitative estimate of drug-likeness (QED) is 0.854. The molecule has 0 saturated carbocycles. The van der Waals surface area contributed by atoms with E-state index in [9.17, 15) is 0 Å². The third-order valence-corrected chi connectivity index (χ3v) is 2.45. The molecule has 0 saturated heterocycles. The van der Waals surface area contributed by atoms with E-state index in [-0.39, 0.29) is 6.04 Å². The first-order valence-corrected chi connectivity index (χ1v) is 5.15. The largest absolute Gasteiger partial charge is 0.497 e. The fraction of sp³-hybridized carbons (Fsp3) is 0.250. The van der Waals surface area contributed by atoms with Gasteiger partial charge in [0.25, 0.3) is 0 Å². The van der Waals surface area contributed by atoms with Crippen molar-refractivity contribution in [1.29, 1.82) is 0 Å². The summed E-state index contributed by atoms with van der Waals surface area (Å²) in [5, 5.41) is 4.26. The van der Waals surface area contributed by atoms with Gasteiger partial charge in [-0.25, -0.2) is 4.68 Å². The van der Waals surface area contributed by atoms with Crippen LogP contribution >= 0.6 is 0 Å². The van der Waals surface area contributed by atoms with E-state index in [2.05, 4.69) is 5.10 Å². The number of benzene rings is 1. The molecule has 2 N–H and O–H groups in total. The van der Waals surface area contributed by atoms with Crippen LogP contribution < -0.4 is 10.5 Å². The fourth-order valence-electron chi connectivity index (χ4n) is 1.47. The standard InChI is InChI=1S/C12H15N3O/c1-9(13)10-7-14-15(8-10)11-4-3-5-12(6-11)16-2/h3-9H,13H2,1-2H3/t9-/m1/s1. The molecule has 0 amide bonds. The van der Waals surface area contributed by atoms with Gasteiger partial charge in [0.15, 0.2) is 0 Å². The highest BCUT2D eigenvalue weighted by Crippen LogP contribution is 2.17. The Morgan fingerprint density at radius 2 is 2.25 bits per heavy atom. The van der Waals surface area contributed by atoms with Crippen molar-refractivity contribution in [3.8, 4) is 11.4 Å². The molecular formula is C12H15N3O. The number of hydrogen-bond acceptors (Lipinski definition) is 3. The van der Waals surface area contributed by atoms with Gasteiger partial charge in [-0.1, -0.05) is 6.07 Å². The summed E-state index contributed by atoms with van der Waals surface area (Å²) in [7, 11) is 1.65. The van der Waals surface area contributed by atoms with Crippen molar-refractivity contribution in [2.24, 2.45) is 5.73 Å². The minimum atomic E-state index is -0.000595. The third-order valence-electron chi connectivity index (χ3n) is 2.45. The van der Waals surface area contributed by atoms with Gasteiger partial charge >= 0.3 is 0 Å². The molecule has 84 valence electrons. The SMILES string of the molecule is COc1cccc(-n2cc([C@@H](C)N)cn2)c1. The zero-order valence-corrected chi connectivity index (χ0v) is 9.42. The normalized spacial score (nSPS) is 12.4. The molecular weight excluding hydrogens is 202 g/mol. The van der Waals surface area contributed by atoms with Crippen LogP contribution in [0.4, 0.5) is 0 Å². The predicted octanol–water partition coefficient (Wildman–Crippen LogP) is 1.90. The summed E-state index contributed by atoms with van der Waals surface area (Å²) < 4.78 is 6.96. The Balaban J connectivity index is 2.34. The molecule has 0 aliphatic heterocycles. The highest BCUT2D eigenvalue weighted by Gasteiger charge is 2.04. The van der Waals surface area contributed by atoms with E-state index in [1.54, 1.807) is 18.0 Å². The number of ether oxygens (including phenoxy) is 1. The number of nitrogens with two attached hydrogens (primary N) is 1. The van der Waals surface area contributed by atoms with Gasteiger partial charge in [-0.3, -0.25) is 0 Å². The van der Waals surface area contributed by atoms with Crippen LogP contribution in [0.15, 0.2) is 36.7 Å². The van der Waals surface area contributed by atoms with Gasteiger partial charge in [0.2, 0.25) is 0 Å². The monoisotopic (exact) mass is 217 g/mol. The molecule has 1 aromatic carbocycles. The van der Waals surface area contributed by atoms with Crippen molar-refractivity contribution >= 4 is 0 Å². The molecule has 4 heteroatoms. The van der Waals surface area contributed by atoms with Crippen LogP contribution in [0.1, 0.15) is 18.5 Å². The maximum absolute atomic E-state index is 5.78. The Bertz CT molecular complexity index is 477. The minimum Gasteiger partial charge on any atom is -0.497 e. The highest BCUT2D eigenvalue weighted by atomic mass is 16.5. The average molecular weight is 217 g/mol. The second-order valence-electron chi connectivity index (χ2n) is 3.71. The summed E-state index contributed by atoms with van der Waals surface area (Å²) in [6.07, 6.45) is 3.71. The molecule has 2 aromatic rings. The van der Waals surface area contributed by atoms with E-state index in [4.69, 9.17) is 10.5 Å². The van der Waals surface area contributed by atoms with Crippen LogP contribution in [0.25, 0.3) is 5.69 Å². The van der Waals surface area contributed by atoms with Gasteiger partial charge in [-0.05, 0) is 19.1 Å². The molecule has 0 unspecified atom stereocenters. The molecule has 1 heterocycles. The zero-order chi connectivity index (χ0) is 11.5. The van der Waals surface area contributed by atoms with Crippen molar-refractivity contribution in [3.05, 3.63) is 42.2 Å². The van der Waals surface area contributed by atoms with Gasteiger partial charge in [-0.15, -0.1) is 0 Å². The van der Waals surface area contributed by atoms with E-state index in [1.165, 1.54) is 0 Å². The summed E-state index contributed by atoms with van der Waals surface area (Å²) in [6.45, 7) is 1.94. The Morgan fingerprint density at radius 3 is 2.88 bits per heavy atom. The summed E-state index contributed by atoms with van der Waals surface area (Å²) >= 11 is 0. The van der Waals surface area contributed by atoms with Gasteiger partial charge in [0.05, 0.1) is 19.0 Å². The maximum Gasteiger partial charge on any atom is 0.121 e. The average Bonchev–Trinajstić information content (AvgIpc) is 2.78. The van der Waals surface area contributed by atoms with Crippen molar-refractivity contribution in [1.82, 2.24) is 9.78 Å². The lowest BCUT2D eigenvalue weighted by Gasteiger charge is -2.04. The third kappa shape index (κ3) is 2.06. The molecule has 2 rings (SSSR count). The van der Waals surface area contributed by atoms with Crippen LogP contribution in [0.5, 0.6) is 5.75 Å². The Kier molecular flexibility index (Phi) is 2.92. The fourth-order valence-corrected chi connectivity index (χ4v) is 1.47. The first kappa shape index (κ1) is 10.7. The smallest absolute Gasteiger partial charge is 0.121 e. The molecule has 0 bridgehead atoms. The topological polar surface area (TPSA) is 53.1 Å². The molecule has 16 heavy (non-hydrogen) atoms. The molecule has 0 spiro atoms. The van der Waals surface area contributed by atoms with E-state index < -0.39 is 0 Å². The van der Waals surface area contributed by atoms with E-state index in [0.717, 1.165) is 17.0 Å². The molecule has 1 aromatic heterocycles. The van der Waals surface area contributed by atoms with Gasteiger partial charge in [0.1, 0.15) is 5.75 Å². The first-order valence-electron chi connectivity index (χ1n) is 5.15. The molecule has 0 radical (unpaired) electrons. The number of nitrogens with zero attached hydrogens (tertiary/aromatic N) is 2. The van der Waals surface area contributed by atoms with Crippen LogP contribution in [-0.2, 0) is 0 Å². The number of hydrogen-bond donors (Lipinski definition) is 1. The van der Waals surface area contributed by atoms with Gasteiger partial charge in [0, 0.05) is 23.9 Å². The van der Waals surface area contributed by atoms with Crippen molar-refractivity contribution < 1.29 is 4.74 Å². The second-order valence-corrected chi connectivity index (χ2v) is 3.71. The Hall–Kier alpha value is -1.81. The minimum absolute atomic E-state index is 0.000595. The highest BCUT2D eigenvalue weighted by molar-refractivity contribution is 5.39. The van der Waals surface area contributed by atoms with Crippen LogP contribution in [0.3, 0.4) is 0 Å². The second kappa shape index (κ2) is 4.37. The zero-order valence-electron chi connectivity index (χ0n) is 9.42. The van der Waals surface area contributed by atoms with E-state index in [0.29, 0.717) is 0 Å². The summed E-state index contributed by atoms with van der Waals surface area (Å²) in [5.41, 5.74) is 7.76. The Labute approximate surface area is 94.6 Å². The summed E-state index contributed by atoms with van der Waals surface area (Å²) in [5.74, 6) is 0.815. The summed E-state index contributed by atoms with van der Waals surface area (Å²) in [6, 6.07) is 7.73. The lowest BCUT2D eigenvalue weighted by atomic mass is 10.2. The molecule has 4 nitrogen and oxygen atoms in total. The first-order chi connectivity index (χ1) is 7.70. The van der Waals surface area contributed by atoms with Crippen molar-refractivity contribution in [2.45, 2.75) is 13.0 Å². The van der Waals surface area contributed by atoms with Crippen LogP contribution in [0, 0.1) is 0 Å². The number of aromatic nitrogens is 2. The van der Waals surface area contributed by atoms with E-state index >= 15 is 0 Å².